The van der Waals surface area contributed by atoms with Gasteiger partial charge < -0.3 is 0 Å². The molecule has 0 unspecified atom stereocenters. The predicted octanol–water partition coefficient (Wildman–Crippen LogP) is 3.50. The van der Waals surface area contributed by atoms with Crippen molar-refractivity contribution >= 4 is 23.4 Å². The van der Waals surface area contributed by atoms with E-state index in [0.717, 1.165) is 5.21 Å². The molecule has 0 bridgehead atoms. The van der Waals surface area contributed by atoms with Crippen LogP contribution < -0.4 is 0 Å². The van der Waals surface area contributed by atoms with Crippen LogP contribution in [0.2, 0.25) is 0 Å². The zero-order valence-electron chi connectivity index (χ0n) is 6.03. The molecule has 0 aromatic carbocycles. The van der Waals surface area contributed by atoms with E-state index in [0.29, 0.717) is 0 Å². The van der Waals surface area contributed by atoms with Gasteiger partial charge in [-0.1, -0.05) is 26.2 Å². The van der Waals surface area contributed by atoms with Crippen molar-refractivity contribution in [3.8, 4) is 0 Å². The third kappa shape index (κ3) is 8.64. The summed E-state index contributed by atoms with van der Waals surface area (Å²) >= 11 is 7.30. The second-order valence-electron chi connectivity index (χ2n) is 2.08. The molecule has 0 saturated heterocycles. The van der Waals surface area contributed by atoms with Crippen LogP contribution in [0.1, 0.15) is 32.6 Å². The van der Waals surface area contributed by atoms with Crippen LogP contribution in [0.15, 0.2) is 0 Å². The second-order valence-corrected chi connectivity index (χ2v) is 3.77. The van der Waals surface area contributed by atoms with E-state index in [9.17, 15) is 0 Å². The van der Waals surface area contributed by atoms with Crippen molar-refractivity contribution in [3.63, 3.8) is 0 Å². The van der Waals surface area contributed by atoms with Gasteiger partial charge in [-0.2, -0.15) is 0 Å². The fourth-order valence-electron chi connectivity index (χ4n) is 0.685. The van der Waals surface area contributed by atoms with Crippen LogP contribution in [-0.2, 0) is 0 Å². The van der Waals surface area contributed by atoms with E-state index < -0.39 is 0 Å². The predicted molar refractivity (Wildman–Crippen MR) is 47.3 cm³/mol. The number of halogens is 1. The van der Waals surface area contributed by atoms with Crippen LogP contribution in [0.25, 0.3) is 0 Å². The molecule has 0 aliphatic carbocycles. The van der Waals surface area contributed by atoms with E-state index in [1.165, 1.54) is 31.4 Å². The minimum Gasteiger partial charge on any atom is -0.146 e. The number of hydrogen-bond donors (Lipinski definition) is 0. The second kappa shape index (κ2) is 8.64. The molecule has 0 nitrogen and oxygen atoms in total. The molecule has 0 aromatic heterocycles. The Hall–Kier alpha value is 0.640. The summed E-state index contributed by atoms with van der Waals surface area (Å²) in [5, 5.41) is 0.756. The quantitative estimate of drug-likeness (QED) is 0.430. The molecule has 0 saturated carbocycles. The summed E-state index contributed by atoms with van der Waals surface area (Å²) in [4.78, 5) is 0. The summed E-state index contributed by atoms with van der Waals surface area (Å²) in [6, 6.07) is 0. The molecule has 2 heteroatoms. The smallest absolute Gasteiger partial charge is 0.0680 e. The summed E-state index contributed by atoms with van der Waals surface area (Å²) in [5.41, 5.74) is 0. The fraction of sp³-hybridized carbons (Fsp3) is 1.00. The molecule has 0 amide bonds. The molecule has 0 aromatic rings. The number of unbranched alkanes of at least 4 members (excludes halogenated alkanes) is 3. The molecule has 0 atom stereocenters. The highest BCUT2D eigenvalue weighted by Gasteiger charge is 1.86. The first-order chi connectivity index (χ1) is 4.41. The van der Waals surface area contributed by atoms with Gasteiger partial charge in [0.1, 0.15) is 0 Å². The van der Waals surface area contributed by atoms with Crippen LogP contribution in [0, 0.1) is 0 Å². The third-order valence-corrected chi connectivity index (χ3v) is 2.41. The number of hydrogen-bond acceptors (Lipinski definition) is 1. The molecule has 0 heterocycles. The van der Waals surface area contributed by atoms with E-state index in [4.69, 9.17) is 11.6 Å². The Kier molecular flexibility index (Phi) is 9.25. The van der Waals surface area contributed by atoms with Gasteiger partial charge in [-0.15, -0.1) is 23.4 Å². The Morgan fingerprint density at radius 2 is 2.00 bits per heavy atom. The fourth-order valence-corrected chi connectivity index (χ4v) is 1.53. The van der Waals surface area contributed by atoms with Crippen molar-refractivity contribution < 1.29 is 0 Å². The summed E-state index contributed by atoms with van der Waals surface area (Å²) in [6.45, 7) is 2.23. The van der Waals surface area contributed by atoms with Gasteiger partial charge in [0.25, 0.3) is 0 Å². The normalized spacial score (nSPS) is 10.0. The monoisotopic (exact) mass is 166 g/mol. The van der Waals surface area contributed by atoms with Gasteiger partial charge in [0.2, 0.25) is 0 Å². The summed E-state index contributed by atoms with van der Waals surface area (Å²) < 4.78 is 0. The Morgan fingerprint density at radius 3 is 2.56 bits per heavy atom. The minimum absolute atomic E-state index is 0.756. The maximum absolute atomic E-state index is 5.48. The lowest BCUT2D eigenvalue weighted by atomic mass is 10.2. The zero-order chi connectivity index (χ0) is 6.95. The number of thioether (sulfide) groups is 1. The van der Waals surface area contributed by atoms with Gasteiger partial charge in [-0.05, 0) is 12.2 Å². The largest absolute Gasteiger partial charge is 0.146 e. The van der Waals surface area contributed by atoms with E-state index in [-0.39, 0.29) is 0 Å². The maximum Gasteiger partial charge on any atom is 0.0680 e. The zero-order valence-corrected chi connectivity index (χ0v) is 7.60. The molecule has 56 valence electrons. The van der Waals surface area contributed by atoms with Gasteiger partial charge in [0.05, 0.1) is 5.21 Å². The van der Waals surface area contributed by atoms with Crippen molar-refractivity contribution in [2.45, 2.75) is 32.6 Å². The van der Waals surface area contributed by atoms with Crippen LogP contribution >= 0.6 is 23.4 Å². The average Bonchev–Trinajstić information content (AvgIpc) is 1.89. The lowest BCUT2D eigenvalue weighted by Crippen LogP contribution is -1.79. The van der Waals surface area contributed by atoms with Gasteiger partial charge in [-0.25, -0.2) is 0 Å². The van der Waals surface area contributed by atoms with Crippen molar-refractivity contribution in [1.29, 1.82) is 0 Å². The van der Waals surface area contributed by atoms with Crippen LogP contribution in [0.5, 0.6) is 0 Å². The first-order valence-corrected chi connectivity index (χ1v) is 5.24. The number of alkyl halides is 1. The van der Waals surface area contributed by atoms with Crippen LogP contribution in [-0.4, -0.2) is 11.0 Å². The Labute approximate surface area is 67.4 Å². The Balaban J connectivity index is 2.60. The van der Waals surface area contributed by atoms with Crippen molar-refractivity contribution in [2.75, 3.05) is 11.0 Å². The minimum atomic E-state index is 0.756. The molecule has 0 fully saturated rings. The first-order valence-electron chi connectivity index (χ1n) is 3.55. The Bertz CT molecular complexity index is 42.2. The molecule has 0 N–H and O–H groups in total. The van der Waals surface area contributed by atoms with Gasteiger partial charge in [0, 0.05) is 0 Å². The van der Waals surface area contributed by atoms with Gasteiger partial charge in [-0.3, -0.25) is 0 Å². The first kappa shape index (κ1) is 9.64. The van der Waals surface area contributed by atoms with Crippen LogP contribution in [0.3, 0.4) is 0 Å². The van der Waals surface area contributed by atoms with Crippen molar-refractivity contribution in [3.05, 3.63) is 0 Å². The Morgan fingerprint density at radius 1 is 1.22 bits per heavy atom. The van der Waals surface area contributed by atoms with E-state index in [1.807, 2.05) is 11.8 Å². The molecular formula is C7H15ClS. The van der Waals surface area contributed by atoms with E-state index in [2.05, 4.69) is 6.92 Å². The molecule has 0 aliphatic rings. The lowest BCUT2D eigenvalue weighted by molar-refractivity contribution is 0.707. The molecular weight excluding hydrogens is 152 g/mol. The van der Waals surface area contributed by atoms with Crippen LogP contribution in [0.4, 0.5) is 0 Å². The summed E-state index contributed by atoms with van der Waals surface area (Å²) in [6.07, 6.45) is 5.42. The molecule has 0 rings (SSSR count). The lowest BCUT2D eigenvalue weighted by Gasteiger charge is -1.95. The van der Waals surface area contributed by atoms with E-state index >= 15 is 0 Å². The summed E-state index contributed by atoms with van der Waals surface area (Å²) in [5.74, 6) is 1.24. The average molecular weight is 167 g/mol. The molecule has 0 spiro atoms. The molecule has 0 aliphatic heterocycles. The third-order valence-electron chi connectivity index (χ3n) is 1.22. The van der Waals surface area contributed by atoms with Gasteiger partial charge >= 0.3 is 0 Å². The van der Waals surface area contributed by atoms with Gasteiger partial charge in [0.15, 0.2) is 0 Å². The maximum atomic E-state index is 5.48. The standard InChI is InChI=1S/C7H15ClS/c1-2-3-4-5-6-9-7-8/h2-7H2,1H3. The highest BCUT2D eigenvalue weighted by molar-refractivity contribution is 8.00. The van der Waals surface area contributed by atoms with E-state index in [1.54, 1.807) is 0 Å². The summed E-state index contributed by atoms with van der Waals surface area (Å²) in [7, 11) is 0. The topological polar surface area (TPSA) is 0 Å². The van der Waals surface area contributed by atoms with Crippen molar-refractivity contribution in [1.82, 2.24) is 0 Å². The van der Waals surface area contributed by atoms with Crippen molar-refractivity contribution in [2.24, 2.45) is 0 Å². The molecule has 9 heavy (non-hydrogen) atoms. The molecule has 0 radical (unpaired) electrons. The SMILES string of the molecule is CCCCCCSCCl. The highest BCUT2D eigenvalue weighted by atomic mass is 35.5. The highest BCUT2D eigenvalue weighted by Crippen LogP contribution is 2.07. The number of rotatable bonds is 6.